The minimum atomic E-state index is -0.646. The van der Waals surface area contributed by atoms with Crippen molar-refractivity contribution in [1.82, 2.24) is 20.4 Å². The second kappa shape index (κ2) is 12.1. The van der Waals surface area contributed by atoms with Gasteiger partial charge in [0.2, 0.25) is 17.8 Å². The van der Waals surface area contributed by atoms with E-state index in [-0.39, 0.29) is 42.5 Å². The summed E-state index contributed by atoms with van der Waals surface area (Å²) in [6.07, 6.45) is 2.00. The molecular weight excluding hydrogens is 464 g/mol. The number of amides is 3. The number of carbonyl (C=O) groups excluding carboxylic acids is 3. The summed E-state index contributed by atoms with van der Waals surface area (Å²) in [4.78, 5) is 45.0. The zero-order chi connectivity index (χ0) is 26.3. The molecule has 0 aliphatic carbocycles. The van der Waals surface area contributed by atoms with Gasteiger partial charge in [0.15, 0.2) is 0 Å². The molecule has 0 radical (unpaired) electrons. The molecule has 1 aromatic rings. The fourth-order valence-electron chi connectivity index (χ4n) is 4.31. The third kappa shape index (κ3) is 7.84. The third-order valence-electron chi connectivity index (χ3n) is 5.85. The lowest BCUT2D eigenvalue weighted by molar-refractivity contribution is -0.124. The summed E-state index contributed by atoms with van der Waals surface area (Å²) in [6.45, 7) is 10.1. The molecule has 198 valence electrons. The number of fused-ring (bicyclic) bond motifs is 1. The summed E-state index contributed by atoms with van der Waals surface area (Å²) in [6, 6.07) is 5.16. The van der Waals surface area contributed by atoms with E-state index in [4.69, 9.17) is 15.2 Å². The summed E-state index contributed by atoms with van der Waals surface area (Å²) in [5.74, 6) is 0.300. The van der Waals surface area contributed by atoms with E-state index in [9.17, 15) is 14.4 Å². The molecule has 1 fully saturated rings. The Morgan fingerprint density at radius 1 is 1.19 bits per heavy atom. The molecule has 0 bridgehead atoms. The van der Waals surface area contributed by atoms with Gasteiger partial charge in [0, 0.05) is 24.6 Å². The van der Waals surface area contributed by atoms with Gasteiger partial charge in [0.05, 0.1) is 24.9 Å². The molecule has 2 heterocycles. The lowest BCUT2D eigenvalue weighted by Crippen LogP contribution is -2.51. The molecule has 1 saturated heterocycles. The van der Waals surface area contributed by atoms with Gasteiger partial charge in [-0.1, -0.05) is 6.07 Å². The largest absolute Gasteiger partial charge is 0.493 e. The predicted molar refractivity (Wildman–Crippen MR) is 136 cm³/mol. The number of likely N-dealkylation sites (tertiary alicyclic amines) is 1. The zero-order valence-electron chi connectivity index (χ0n) is 21.6. The van der Waals surface area contributed by atoms with E-state index in [1.54, 1.807) is 17.9 Å². The average Bonchev–Trinajstić information content (AvgIpc) is 3.30. The van der Waals surface area contributed by atoms with Gasteiger partial charge in [-0.05, 0) is 65.3 Å². The monoisotopic (exact) mass is 502 g/mol. The Hall–Kier alpha value is -3.34. The van der Waals surface area contributed by atoms with Gasteiger partial charge in [0.1, 0.15) is 12.3 Å². The maximum absolute atomic E-state index is 12.6. The SMILES string of the molecule is CCOC(=O)NC1=Nc2cc(OCCC(C(N)=O)N3CCCC3)ccc2CN1CC(=O)NC(C)(C)C. The van der Waals surface area contributed by atoms with Crippen LogP contribution in [-0.2, 0) is 20.9 Å². The third-order valence-corrected chi connectivity index (χ3v) is 5.85. The van der Waals surface area contributed by atoms with Crippen molar-refractivity contribution in [3.05, 3.63) is 23.8 Å². The van der Waals surface area contributed by atoms with Crippen molar-refractivity contribution in [3.63, 3.8) is 0 Å². The highest BCUT2D eigenvalue weighted by atomic mass is 16.5. The first kappa shape index (κ1) is 27.3. The number of nitrogens with zero attached hydrogens (tertiary/aromatic N) is 3. The number of rotatable bonds is 9. The summed E-state index contributed by atoms with van der Waals surface area (Å²) >= 11 is 0. The number of aliphatic imine (C=N–C) groups is 1. The van der Waals surface area contributed by atoms with Gasteiger partial charge >= 0.3 is 6.09 Å². The van der Waals surface area contributed by atoms with E-state index < -0.39 is 6.09 Å². The molecule has 4 N–H and O–H groups in total. The quantitative estimate of drug-likeness (QED) is 0.468. The summed E-state index contributed by atoms with van der Waals surface area (Å²) in [7, 11) is 0. The fourth-order valence-corrected chi connectivity index (χ4v) is 4.31. The molecule has 0 saturated carbocycles. The smallest absolute Gasteiger partial charge is 0.413 e. The maximum Gasteiger partial charge on any atom is 0.413 e. The highest BCUT2D eigenvalue weighted by Crippen LogP contribution is 2.30. The Morgan fingerprint density at radius 3 is 2.56 bits per heavy atom. The van der Waals surface area contributed by atoms with Crippen LogP contribution in [0.15, 0.2) is 23.2 Å². The average molecular weight is 503 g/mol. The molecule has 2 aliphatic heterocycles. The van der Waals surface area contributed by atoms with Crippen LogP contribution >= 0.6 is 0 Å². The van der Waals surface area contributed by atoms with Gasteiger partial charge in [0.25, 0.3) is 0 Å². The Kier molecular flexibility index (Phi) is 9.14. The Balaban J connectivity index is 1.70. The lowest BCUT2D eigenvalue weighted by atomic mass is 10.1. The Labute approximate surface area is 212 Å². The lowest BCUT2D eigenvalue weighted by Gasteiger charge is -2.31. The van der Waals surface area contributed by atoms with E-state index in [0.29, 0.717) is 31.0 Å². The Bertz CT molecular complexity index is 984. The molecule has 36 heavy (non-hydrogen) atoms. The van der Waals surface area contributed by atoms with E-state index in [0.717, 1.165) is 31.5 Å². The second-order valence-electron chi connectivity index (χ2n) is 10.0. The molecule has 3 rings (SSSR count). The number of nitrogens with one attached hydrogen (secondary N) is 2. The van der Waals surface area contributed by atoms with Crippen LogP contribution in [0.25, 0.3) is 0 Å². The standard InChI is InChI=1S/C25H38N6O5/c1-5-35-24(34)28-23-27-19-14-18(36-13-10-20(22(26)33)30-11-6-7-12-30)9-8-17(19)15-31(23)16-21(32)29-25(2,3)4/h8-9,14,20H,5-7,10-13,15-16H2,1-4H3,(H2,26,33)(H,29,32)(H,27,28,34). The molecule has 3 amide bonds. The Morgan fingerprint density at radius 2 is 1.92 bits per heavy atom. The van der Waals surface area contributed by atoms with Crippen molar-refractivity contribution in [3.8, 4) is 5.75 Å². The molecule has 2 aliphatic rings. The first-order valence-electron chi connectivity index (χ1n) is 12.4. The van der Waals surface area contributed by atoms with Crippen LogP contribution in [0.3, 0.4) is 0 Å². The fraction of sp³-hybridized carbons (Fsp3) is 0.600. The number of primary amides is 1. The van der Waals surface area contributed by atoms with Crippen LogP contribution in [0.5, 0.6) is 5.75 Å². The second-order valence-corrected chi connectivity index (χ2v) is 10.0. The van der Waals surface area contributed by atoms with Crippen LogP contribution in [0.4, 0.5) is 10.5 Å². The molecule has 11 nitrogen and oxygen atoms in total. The van der Waals surface area contributed by atoms with E-state index >= 15 is 0 Å². The topological polar surface area (TPSA) is 139 Å². The molecule has 1 aromatic carbocycles. The minimum Gasteiger partial charge on any atom is -0.493 e. The number of hydrogen-bond donors (Lipinski definition) is 3. The van der Waals surface area contributed by atoms with Crippen LogP contribution in [-0.4, -0.2) is 78.1 Å². The van der Waals surface area contributed by atoms with Crippen LogP contribution in [0, 0.1) is 0 Å². The highest BCUT2D eigenvalue weighted by Gasteiger charge is 2.27. The minimum absolute atomic E-state index is 0.0191. The maximum atomic E-state index is 12.6. The van der Waals surface area contributed by atoms with E-state index in [1.807, 2.05) is 32.9 Å². The van der Waals surface area contributed by atoms with Crippen molar-refractivity contribution in [1.29, 1.82) is 0 Å². The number of hydrogen-bond acceptors (Lipinski definition) is 8. The van der Waals surface area contributed by atoms with Gasteiger partial charge in [-0.25, -0.2) is 9.79 Å². The highest BCUT2D eigenvalue weighted by molar-refractivity contribution is 5.98. The first-order chi connectivity index (χ1) is 17.1. The molecule has 0 aromatic heterocycles. The molecule has 11 heteroatoms. The predicted octanol–water partition coefficient (Wildman–Crippen LogP) is 1.87. The van der Waals surface area contributed by atoms with E-state index in [1.165, 1.54) is 0 Å². The number of nitrogens with two attached hydrogens (primary N) is 1. The van der Waals surface area contributed by atoms with Gasteiger partial charge in [-0.3, -0.25) is 19.8 Å². The van der Waals surface area contributed by atoms with Crippen molar-refractivity contribution in [2.24, 2.45) is 10.7 Å². The zero-order valence-corrected chi connectivity index (χ0v) is 21.6. The van der Waals surface area contributed by atoms with E-state index in [2.05, 4.69) is 20.5 Å². The normalized spacial score (nSPS) is 16.6. The van der Waals surface area contributed by atoms with Crippen LogP contribution in [0.1, 0.15) is 52.5 Å². The summed E-state index contributed by atoms with van der Waals surface area (Å²) in [5, 5.41) is 5.56. The van der Waals surface area contributed by atoms with Crippen molar-refractivity contribution in [2.45, 2.75) is 65.1 Å². The number of carbonyl (C=O) groups is 3. The van der Waals surface area contributed by atoms with Gasteiger partial charge in [-0.2, -0.15) is 0 Å². The van der Waals surface area contributed by atoms with Crippen molar-refractivity contribution in [2.75, 3.05) is 32.8 Å². The number of ether oxygens (including phenoxy) is 2. The van der Waals surface area contributed by atoms with Crippen LogP contribution < -0.4 is 21.1 Å². The molecule has 0 spiro atoms. The number of alkyl carbamates (subject to hydrolysis) is 1. The van der Waals surface area contributed by atoms with Gasteiger partial charge in [-0.15, -0.1) is 0 Å². The molecule has 1 atom stereocenters. The molecular formula is C25H38N6O5. The van der Waals surface area contributed by atoms with Crippen molar-refractivity contribution >= 4 is 29.6 Å². The molecule has 1 unspecified atom stereocenters. The summed E-state index contributed by atoms with van der Waals surface area (Å²) < 4.78 is 10.9. The number of guanidine groups is 1. The van der Waals surface area contributed by atoms with Crippen LogP contribution in [0.2, 0.25) is 0 Å². The first-order valence-corrected chi connectivity index (χ1v) is 12.4. The van der Waals surface area contributed by atoms with Gasteiger partial charge < -0.3 is 25.4 Å². The van der Waals surface area contributed by atoms with Crippen molar-refractivity contribution < 1.29 is 23.9 Å². The number of benzene rings is 1. The summed E-state index contributed by atoms with van der Waals surface area (Å²) in [5.41, 5.74) is 6.73.